The normalized spacial score (nSPS) is 11.2. The van der Waals surface area contributed by atoms with Crippen molar-refractivity contribution in [3.05, 3.63) is 27.5 Å². The molecule has 0 radical (unpaired) electrons. The number of anilines is 1. The van der Waals surface area contributed by atoms with Crippen LogP contribution in [-0.2, 0) is 11.2 Å². The van der Waals surface area contributed by atoms with Gasteiger partial charge in [-0.05, 0) is 53.2 Å². The highest BCUT2D eigenvalue weighted by Gasteiger charge is 2.17. The average Bonchev–Trinajstić information content (AvgIpc) is 2.80. The average molecular weight is 369 g/mol. The monoisotopic (exact) mass is 368 g/mol. The van der Waals surface area contributed by atoms with Crippen LogP contribution in [0.3, 0.4) is 0 Å². The minimum Gasteiger partial charge on any atom is -0.359 e. The molecule has 0 aliphatic carbocycles. The summed E-state index contributed by atoms with van der Waals surface area (Å²) in [6, 6.07) is 0. The van der Waals surface area contributed by atoms with E-state index >= 15 is 0 Å². The number of fused-ring (bicyclic) bond motifs is 1. The van der Waals surface area contributed by atoms with Crippen LogP contribution in [0.1, 0.15) is 30.7 Å². The van der Waals surface area contributed by atoms with Gasteiger partial charge in [0, 0.05) is 10.7 Å². The summed E-state index contributed by atoms with van der Waals surface area (Å²) in [5.74, 6) is 0.632. The second kappa shape index (κ2) is 6.66. The lowest BCUT2D eigenvalue weighted by Gasteiger charge is -2.10. The predicted molar refractivity (Wildman–Crippen MR) is 89.3 cm³/mol. The Morgan fingerprint density at radius 1 is 1.41 bits per heavy atom. The van der Waals surface area contributed by atoms with Gasteiger partial charge in [-0.25, -0.2) is 10.5 Å². The standard InChI is InChI=1S/C15H21BrN4O2/c1-8(2)5-12-14(17-6-13(21)19-22)18-15-10(4)9(3)11(16)7-20(12)15/h7-8,17,22H,5-6H2,1-4H3,(H,19,21). The molecule has 0 spiro atoms. The van der Waals surface area contributed by atoms with Crippen LogP contribution in [0.25, 0.3) is 5.65 Å². The molecule has 120 valence electrons. The molecule has 0 aliphatic heterocycles. The van der Waals surface area contributed by atoms with E-state index in [1.165, 1.54) is 0 Å². The Morgan fingerprint density at radius 3 is 2.68 bits per heavy atom. The molecule has 0 atom stereocenters. The molecule has 0 aromatic carbocycles. The van der Waals surface area contributed by atoms with Crippen molar-refractivity contribution in [2.75, 3.05) is 11.9 Å². The van der Waals surface area contributed by atoms with E-state index in [9.17, 15) is 4.79 Å². The lowest BCUT2D eigenvalue weighted by molar-refractivity contribution is -0.127. The summed E-state index contributed by atoms with van der Waals surface area (Å²) in [4.78, 5) is 15.9. The van der Waals surface area contributed by atoms with E-state index in [2.05, 4.69) is 44.5 Å². The molecule has 0 bridgehead atoms. The molecule has 2 heterocycles. The number of aromatic nitrogens is 2. The van der Waals surface area contributed by atoms with Gasteiger partial charge in [-0.3, -0.25) is 10.0 Å². The van der Waals surface area contributed by atoms with Gasteiger partial charge in [0.05, 0.1) is 12.2 Å². The van der Waals surface area contributed by atoms with E-state index in [0.29, 0.717) is 11.7 Å². The fourth-order valence-corrected chi connectivity index (χ4v) is 2.86. The Labute approximate surface area is 138 Å². The number of carbonyl (C=O) groups is 1. The Hall–Kier alpha value is -1.60. The number of hydrogen-bond donors (Lipinski definition) is 3. The number of carbonyl (C=O) groups excluding carboxylic acids is 1. The Bertz CT molecular complexity index is 709. The zero-order valence-electron chi connectivity index (χ0n) is 13.2. The quantitative estimate of drug-likeness (QED) is 0.560. The summed E-state index contributed by atoms with van der Waals surface area (Å²) >= 11 is 3.58. The highest BCUT2D eigenvalue weighted by molar-refractivity contribution is 9.10. The molecule has 0 fully saturated rings. The zero-order valence-corrected chi connectivity index (χ0v) is 14.8. The van der Waals surface area contributed by atoms with E-state index < -0.39 is 5.91 Å². The van der Waals surface area contributed by atoms with Gasteiger partial charge in [0.2, 0.25) is 0 Å². The number of aryl methyl sites for hydroxylation is 1. The number of nitrogens with one attached hydrogen (secondary N) is 2. The lowest BCUT2D eigenvalue weighted by Crippen LogP contribution is -2.27. The highest BCUT2D eigenvalue weighted by Crippen LogP contribution is 2.28. The Balaban J connectivity index is 2.54. The largest absolute Gasteiger partial charge is 0.359 e. The van der Waals surface area contributed by atoms with Crippen molar-refractivity contribution in [2.45, 2.75) is 34.1 Å². The molecule has 2 aromatic heterocycles. The first-order valence-corrected chi connectivity index (χ1v) is 7.97. The van der Waals surface area contributed by atoms with Crippen molar-refractivity contribution in [1.29, 1.82) is 0 Å². The molecule has 7 heteroatoms. The van der Waals surface area contributed by atoms with Crippen LogP contribution >= 0.6 is 15.9 Å². The van der Waals surface area contributed by atoms with E-state index in [0.717, 1.165) is 33.4 Å². The van der Waals surface area contributed by atoms with Crippen LogP contribution in [0.2, 0.25) is 0 Å². The molecule has 3 N–H and O–H groups in total. The van der Waals surface area contributed by atoms with Crippen molar-refractivity contribution in [3.8, 4) is 0 Å². The number of amides is 1. The Kier molecular flexibility index (Phi) is 5.08. The number of rotatable bonds is 5. The first-order chi connectivity index (χ1) is 10.3. The molecule has 0 saturated carbocycles. The van der Waals surface area contributed by atoms with Crippen LogP contribution in [0.5, 0.6) is 0 Å². The summed E-state index contributed by atoms with van der Waals surface area (Å²) in [6.07, 6.45) is 2.85. The number of pyridine rings is 1. The molecule has 1 amide bonds. The van der Waals surface area contributed by atoms with Gasteiger partial charge >= 0.3 is 0 Å². The van der Waals surface area contributed by atoms with Crippen LogP contribution < -0.4 is 10.8 Å². The van der Waals surface area contributed by atoms with Crippen LogP contribution in [0.15, 0.2) is 10.7 Å². The third-order valence-electron chi connectivity index (χ3n) is 3.65. The van der Waals surface area contributed by atoms with Crippen molar-refractivity contribution in [3.63, 3.8) is 0 Å². The van der Waals surface area contributed by atoms with Gasteiger partial charge in [-0.15, -0.1) is 0 Å². The van der Waals surface area contributed by atoms with Gasteiger partial charge in [-0.1, -0.05) is 13.8 Å². The Morgan fingerprint density at radius 2 is 2.09 bits per heavy atom. The van der Waals surface area contributed by atoms with E-state index in [-0.39, 0.29) is 6.54 Å². The maximum Gasteiger partial charge on any atom is 0.262 e. The SMILES string of the molecule is Cc1c(Br)cn2c(CC(C)C)c(NCC(=O)NO)nc2c1C. The highest BCUT2D eigenvalue weighted by atomic mass is 79.9. The fraction of sp³-hybridized carbons (Fsp3) is 0.467. The van der Waals surface area contributed by atoms with Gasteiger partial charge in [-0.2, -0.15) is 0 Å². The smallest absolute Gasteiger partial charge is 0.262 e. The molecule has 0 saturated heterocycles. The summed E-state index contributed by atoms with van der Waals surface area (Å²) in [7, 11) is 0. The van der Waals surface area contributed by atoms with E-state index in [1.54, 1.807) is 5.48 Å². The van der Waals surface area contributed by atoms with Crippen LogP contribution in [0, 0.1) is 19.8 Å². The maximum absolute atomic E-state index is 11.2. The van der Waals surface area contributed by atoms with Crippen molar-refractivity contribution in [1.82, 2.24) is 14.9 Å². The first kappa shape index (κ1) is 16.8. The number of hydroxylamine groups is 1. The molecular formula is C15H21BrN4O2. The van der Waals surface area contributed by atoms with Crippen LogP contribution in [0.4, 0.5) is 5.82 Å². The molecule has 0 aliphatic rings. The topological polar surface area (TPSA) is 78.7 Å². The second-order valence-electron chi connectivity index (χ2n) is 5.81. The second-order valence-corrected chi connectivity index (χ2v) is 6.67. The van der Waals surface area contributed by atoms with Crippen molar-refractivity contribution < 1.29 is 10.0 Å². The molecule has 2 rings (SSSR count). The summed E-state index contributed by atoms with van der Waals surface area (Å²) in [5.41, 5.74) is 5.76. The minimum atomic E-state index is -0.498. The maximum atomic E-state index is 11.2. The van der Waals surface area contributed by atoms with E-state index in [1.807, 2.05) is 20.0 Å². The number of halogens is 1. The summed E-state index contributed by atoms with van der Waals surface area (Å²) in [6.45, 7) is 8.33. The van der Waals surface area contributed by atoms with Gasteiger partial charge in [0.15, 0.2) is 0 Å². The van der Waals surface area contributed by atoms with E-state index in [4.69, 9.17) is 5.21 Å². The number of nitrogens with zero attached hydrogens (tertiary/aromatic N) is 2. The molecule has 0 unspecified atom stereocenters. The fourth-order valence-electron chi connectivity index (χ4n) is 2.35. The third-order valence-corrected chi connectivity index (χ3v) is 4.45. The molecular weight excluding hydrogens is 348 g/mol. The predicted octanol–water partition coefficient (Wildman–Crippen LogP) is 2.83. The number of hydrogen-bond acceptors (Lipinski definition) is 4. The van der Waals surface area contributed by atoms with Crippen molar-refractivity contribution in [2.24, 2.45) is 5.92 Å². The summed E-state index contributed by atoms with van der Waals surface area (Å²) in [5, 5.41) is 11.6. The first-order valence-electron chi connectivity index (χ1n) is 7.18. The summed E-state index contributed by atoms with van der Waals surface area (Å²) < 4.78 is 3.09. The van der Waals surface area contributed by atoms with Crippen LogP contribution in [-0.4, -0.2) is 27.0 Å². The van der Waals surface area contributed by atoms with Gasteiger partial charge < -0.3 is 9.72 Å². The molecule has 2 aromatic rings. The number of imidazole rings is 1. The lowest BCUT2D eigenvalue weighted by atomic mass is 10.1. The molecule has 6 nitrogen and oxygen atoms in total. The molecule has 22 heavy (non-hydrogen) atoms. The van der Waals surface area contributed by atoms with Gasteiger partial charge in [0.25, 0.3) is 5.91 Å². The van der Waals surface area contributed by atoms with Crippen molar-refractivity contribution >= 4 is 33.3 Å². The minimum absolute atomic E-state index is 0.0231. The van der Waals surface area contributed by atoms with Gasteiger partial charge in [0.1, 0.15) is 11.5 Å². The zero-order chi connectivity index (χ0) is 16.4. The third kappa shape index (κ3) is 3.25.